The first kappa shape index (κ1) is 12.0. The third-order valence-corrected chi connectivity index (χ3v) is 3.46. The SMILES string of the molecule is CC(C)(C)c1csc(Cc2ccncc2N)n1. The van der Waals surface area contributed by atoms with E-state index in [4.69, 9.17) is 5.73 Å². The maximum absolute atomic E-state index is 5.88. The van der Waals surface area contributed by atoms with Crippen molar-refractivity contribution >= 4 is 17.0 Å². The van der Waals surface area contributed by atoms with Gasteiger partial charge in [0.05, 0.1) is 22.6 Å². The van der Waals surface area contributed by atoms with Gasteiger partial charge in [-0.15, -0.1) is 11.3 Å². The van der Waals surface area contributed by atoms with E-state index in [0.717, 1.165) is 28.4 Å². The van der Waals surface area contributed by atoms with Gasteiger partial charge in [-0.25, -0.2) is 4.98 Å². The minimum Gasteiger partial charge on any atom is -0.397 e. The Hall–Kier alpha value is -1.42. The summed E-state index contributed by atoms with van der Waals surface area (Å²) >= 11 is 1.69. The lowest BCUT2D eigenvalue weighted by Crippen LogP contribution is -2.11. The van der Waals surface area contributed by atoms with Gasteiger partial charge in [0.2, 0.25) is 0 Å². The molecule has 0 bridgehead atoms. The molecule has 0 unspecified atom stereocenters. The second-order valence-corrected chi connectivity index (χ2v) is 6.07. The Labute approximate surface area is 106 Å². The van der Waals surface area contributed by atoms with Gasteiger partial charge in [0.25, 0.3) is 0 Å². The van der Waals surface area contributed by atoms with E-state index in [1.54, 1.807) is 23.7 Å². The van der Waals surface area contributed by atoms with Gasteiger partial charge in [-0.3, -0.25) is 4.98 Å². The molecule has 0 amide bonds. The van der Waals surface area contributed by atoms with Gasteiger partial charge in [-0.2, -0.15) is 0 Å². The quantitative estimate of drug-likeness (QED) is 0.887. The van der Waals surface area contributed by atoms with Crippen molar-refractivity contribution in [1.82, 2.24) is 9.97 Å². The fourth-order valence-electron chi connectivity index (χ4n) is 1.50. The molecule has 0 radical (unpaired) electrons. The molecule has 2 rings (SSSR count). The molecule has 2 N–H and O–H groups in total. The normalized spacial score (nSPS) is 11.7. The van der Waals surface area contributed by atoms with Crippen LogP contribution in [0.5, 0.6) is 0 Å². The smallest absolute Gasteiger partial charge is 0.0973 e. The number of pyridine rings is 1. The van der Waals surface area contributed by atoms with Gasteiger partial charge in [0.1, 0.15) is 0 Å². The fraction of sp³-hybridized carbons (Fsp3) is 0.385. The number of hydrogen-bond acceptors (Lipinski definition) is 4. The maximum Gasteiger partial charge on any atom is 0.0973 e. The summed E-state index contributed by atoms with van der Waals surface area (Å²) in [6, 6.07) is 1.95. The predicted octanol–water partition coefficient (Wildman–Crippen LogP) is 3.01. The van der Waals surface area contributed by atoms with Crippen LogP contribution in [-0.2, 0) is 11.8 Å². The van der Waals surface area contributed by atoms with Crippen LogP contribution in [0.15, 0.2) is 23.8 Å². The molecule has 0 saturated heterocycles. The molecule has 3 nitrogen and oxygen atoms in total. The summed E-state index contributed by atoms with van der Waals surface area (Å²) in [5.41, 5.74) is 8.96. The molecule has 17 heavy (non-hydrogen) atoms. The van der Waals surface area contributed by atoms with Crippen LogP contribution in [0.1, 0.15) is 37.0 Å². The first-order valence-electron chi connectivity index (χ1n) is 5.60. The van der Waals surface area contributed by atoms with Gasteiger partial charge in [-0.1, -0.05) is 20.8 Å². The Kier molecular flexibility index (Phi) is 3.15. The third kappa shape index (κ3) is 2.82. The van der Waals surface area contributed by atoms with Gasteiger partial charge in [0, 0.05) is 23.4 Å². The molecule has 4 heteroatoms. The van der Waals surface area contributed by atoms with Crippen molar-refractivity contribution in [3.8, 4) is 0 Å². The van der Waals surface area contributed by atoms with Gasteiger partial charge < -0.3 is 5.73 Å². The average molecular weight is 247 g/mol. The molecule has 2 aromatic rings. The van der Waals surface area contributed by atoms with Crippen LogP contribution in [0.3, 0.4) is 0 Å². The molecule has 90 valence electrons. The van der Waals surface area contributed by atoms with E-state index in [1.165, 1.54) is 0 Å². The number of hydrogen-bond donors (Lipinski definition) is 1. The summed E-state index contributed by atoms with van der Waals surface area (Å²) in [5, 5.41) is 3.24. The number of aromatic nitrogens is 2. The van der Waals surface area contributed by atoms with Gasteiger partial charge in [0.15, 0.2) is 0 Å². The minimum atomic E-state index is 0.110. The third-order valence-electron chi connectivity index (χ3n) is 2.61. The number of nitrogens with two attached hydrogens (primary N) is 1. The summed E-state index contributed by atoms with van der Waals surface area (Å²) < 4.78 is 0. The number of rotatable bonds is 2. The Morgan fingerprint density at radius 2 is 2.12 bits per heavy atom. The van der Waals surface area contributed by atoms with Crippen molar-refractivity contribution in [2.75, 3.05) is 5.73 Å². The zero-order valence-corrected chi connectivity index (χ0v) is 11.2. The molecule has 0 aromatic carbocycles. The van der Waals surface area contributed by atoms with Crippen LogP contribution < -0.4 is 5.73 Å². The van der Waals surface area contributed by atoms with E-state index >= 15 is 0 Å². The summed E-state index contributed by atoms with van der Waals surface area (Å²) in [6.45, 7) is 6.52. The molecule has 0 aliphatic heterocycles. The maximum atomic E-state index is 5.88. The van der Waals surface area contributed by atoms with Crippen LogP contribution in [0.25, 0.3) is 0 Å². The Balaban J connectivity index is 2.21. The average Bonchev–Trinajstić information content (AvgIpc) is 2.69. The zero-order chi connectivity index (χ0) is 12.5. The first-order valence-corrected chi connectivity index (χ1v) is 6.48. The first-order chi connectivity index (χ1) is 7.97. The number of nitrogens with zero attached hydrogens (tertiary/aromatic N) is 2. The van der Waals surface area contributed by atoms with Crippen LogP contribution in [0, 0.1) is 0 Å². The fourth-order valence-corrected chi connectivity index (χ4v) is 2.54. The van der Waals surface area contributed by atoms with Crippen molar-refractivity contribution in [2.45, 2.75) is 32.6 Å². The second kappa shape index (κ2) is 4.45. The van der Waals surface area contributed by atoms with Gasteiger partial charge in [-0.05, 0) is 11.6 Å². The van der Waals surface area contributed by atoms with Crippen molar-refractivity contribution in [3.05, 3.63) is 40.1 Å². The largest absolute Gasteiger partial charge is 0.397 e. The summed E-state index contributed by atoms with van der Waals surface area (Å²) in [6.07, 6.45) is 4.24. The number of nitrogen functional groups attached to an aromatic ring is 1. The summed E-state index contributed by atoms with van der Waals surface area (Å²) in [5.74, 6) is 0. The van der Waals surface area contributed by atoms with E-state index in [2.05, 4.69) is 36.1 Å². The van der Waals surface area contributed by atoms with Crippen LogP contribution in [0.4, 0.5) is 5.69 Å². The zero-order valence-electron chi connectivity index (χ0n) is 10.4. The van der Waals surface area contributed by atoms with Crippen molar-refractivity contribution in [1.29, 1.82) is 0 Å². The highest BCUT2D eigenvalue weighted by Crippen LogP contribution is 2.25. The molecule has 0 aliphatic carbocycles. The molecule has 2 heterocycles. The highest BCUT2D eigenvalue weighted by Gasteiger charge is 2.17. The topological polar surface area (TPSA) is 51.8 Å². The molecule has 0 fully saturated rings. The van der Waals surface area contributed by atoms with E-state index < -0.39 is 0 Å². The lowest BCUT2D eigenvalue weighted by atomic mass is 9.93. The van der Waals surface area contributed by atoms with E-state index in [-0.39, 0.29) is 5.41 Å². The van der Waals surface area contributed by atoms with Crippen LogP contribution >= 0.6 is 11.3 Å². The van der Waals surface area contributed by atoms with E-state index in [1.807, 2.05) is 6.07 Å². The number of anilines is 1. The molecule has 0 atom stereocenters. The monoisotopic (exact) mass is 247 g/mol. The highest BCUT2D eigenvalue weighted by molar-refractivity contribution is 7.09. The number of thiazole rings is 1. The summed E-state index contributed by atoms with van der Waals surface area (Å²) in [4.78, 5) is 8.65. The van der Waals surface area contributed by atoms with Crippen LogP contribution in [-0.4, -0.2) is 9.97 Å². The van der Waals surface area contributed by atoms with Gasteiger partial charge >= 0.3 is 0 Å². The Morgan fingerprint density at radius 3 is 2.71 bits per heavy atom. The minimum absolute atomic E-state index is 0.110. The lowest BCUT2D eigenvalue weighted by Gasteiger charge is -2.14. The van der Waals surface area contributed by atoms with Crippen LogP contribution in [0.2, 0.25) is 0 Å². The molecular formula is C13H17N3S. The molecule has 0 spiro atoms. The molecular weight excluding hydrogens is 230 g/mol. The predicted molar refractivity (Wildman–Crippen MR) is 72.3 cm³/mol. The Morgan fingerprint density at radius 1 is 1.35 bits per heavy atom. The van der Waals surface area contributed by atoms with E-state index in [9.17, 15) is 0 Å². The Bertz CT molecular complexity index is 511. The highest BCUT2D eigenvalue weighted by atomic mass is 32.1. The standard InChI is InChI=1S/C13H17N3S/c1-13(2,3)11-8-17-12(16-11)6-9-4-5-15-7-10(9)14/h4-5,7-8H,6,14H2,1-3H3. The molecule has 2 aromatic heterocycles. The lowest BCUT2D eigenvalue weighted by molar-refractivity contribution is 0.571. The second-order valence-electron chi connectivity index (χ2n) is 5.13. The van der Waals surface area contributed by atoms with E-state index in [0.29, 0.717) is 0 Å². The molecule has 0 saturated carbocycles. The van der Waals surface area contributed by atoms with Crippen molar-refractivity contribution < 1.29 is 0 Å². The molecule has 0 aliphatic rings. The van der Waals surface area contributed by atoms with Crippen molar-refractivity contribution in [3.63, 3.8) is 0 Å². The van der Waals surface area contributed by atoms with Crippen molar-refractivity contribution in [2.24, 2.45) is 0 Å². The summed E-state index contributed by atoms with van der Waals surface area (Å²) in [7, 11) is 0.